The molecule has 6 nitrogen and oxygen atoms in total. The first-order valence-corrected chi connectivity index (χ1v) is 9.31. The summed E-state index contributed by atoms with van der Waals surface area (Å²) in [4.78, 5) is 21.0. The molecule has 0 spiro atoms. The van der Waals surface area contributed by atoms with Crippen LogP contribution in [0.25, 0.3) is 0 Å². The average Bonchev–Trinajstić information content (AvgIpc) is 2.92. The number of aryl methyl sites for hydroxylation is 3. The van der Waals surface area contributed by atoms with E-state index in [9.17, 15) is 4.79 Å². The van der Waals surface area contributed by atoms with Gasteiger partial charge >= 0.3 is 0 Å². The van der Waals surface area contributed by atoms with E-state index in [2.05, 4.69) is 20.4 Å². The van der Waals surface area contributed by atoms with Crippen molar-refractivity contribution < 1.29 is 4.79 Å². The SMILES string of the molecule is Cc1cc(C)nc(SCC(=O)Nc2cc(C)nn2Cc2ccccc2)n1. The van der Waals surface area contributed by atoms with E-state index < -0.39 is 0 Å². The van der Waals surface area contributed by atoms with Gasteiger partial charge in [0.2, 0.25) is 5.91 Å². The number of carbonyl (C=O) groups excluding carboxylic acids is 1. The highest BCUT2D eigenvalue weighted by Gasteiger charge is 2.11. The van der Waals surface area contributed by atoms with Crippen LogP contribution in [0.2, 0.25) is 0 Å². The van der Waals surface area contributed by atoms with Crippen molar-refractivity contribution in [2.24, 2.45) is 0 Å². The highest BCUT2D eigenvalue weighted by Crippen LogP contribution is 2.16. The molecule has 0 atom stereocenters. The minimum absolute atomic E-state index is 0.105. The number of rotatable bonds is 6. The monoisotopic (exact) mass is 367 g/mol. The van der Waals surface area contributed by atoms with Crippen LogP contribution in [-0.2, 0) is 11.3 Å². The van der Waals surface area contributed by atoms with Crippen LogP contribution in [0.1, 0.15) is 22.6 Å². The van der Waals surface area contributed by atoms with Crippen molar-refractivity contribution in [1.29, 1.82) is 0 Å². The number of carbonyl (C=O) groups is 1. The van der Waals surface area contributed by atoms with Gasteiger partial charge in [-0.1, -0.05) is 42.1 Å². The summed E-state index contributed by atoms with van der Waals surface area (Å²) in [5, 5.41) is 8.02. The summed E-state index contributed by atoms with van der Waals surface area (Å²) in [6.45, 7) is 6.36. The molecule has 0 radical (unpaired) electrons. The molecule has 26 heavy (non-hydrogen) atoms. The van der Waals surface area contributed by atoms with Gasteiger partial charge in [-0.3, -0.25) is 4.79 Å². The highest BCUT2D eigenvalue weighted by atomic mass is 32.2. The lowest BCUT2D eigenvalue weighted by molar-refractivity contribution is -0.113. The van der Waals surface area contributed by atoms with Crippen LogP contribution in [0.4, 0.5) is 5.82 Å². The molecule has 0 saturated heterocycles. The number of amides is 1. The zero-order valence-corrected chi connectivity index (χ0v) is 15.9. The fourth-order valence-corrected chi connectivity index (χ4v) is 3.34. The van der Waals surface area contributed by atoms with Crippen LogP contribution < -0.4 is 5.32 Å². The first-order valence-electron chi connectivity index (χ1n) is 8.33. The molecule has 1 amide bonds. The van der Waals surface area contributed by atoms with Crippen LogP contribution in [0, 0.1) is 20.8 Å². The Hall–Kier alpha value is -2.67. The summed E-state index contributed by atoms with van der Waals surface area (Å²) < 4.78 is 1.81. The standard InChI is InChI=1S/C19H21N5OS/c1-13-9-14(2)21-19(20-13)26-12-18(25)22-17-10-15(3)23-24(17)11-16-7-5-4-6-8-16/h4-10H,11-12H2,1-3H3,(H,22,25). The topological polar surface area (TPSA) is 72.7 Å². The molecule has 0 saturated carbocycles. The van der Waals surface area contributed by atoms with E-state index in [1.807, 2.05) is 63.2 Å². The van der Waals surface area contributed by atoms with E-state index in [1.54, 1.807) is 4.68 Å². The van der Waals surface area contributed by atoms with Gasteiger partial charge in [-0.2, -0.15) is 5.10 Å². The minimum atomic E-state index is -0.105. The van der Waals surface area contributed by atoms with Gasteiger partial charge < -0.3 is 5.32 Å². The molecule has 1 aromatic carbocycles. The van der Waals surface area contributed by atoms with E-state index in [0.29, 0.717) is 17.5 Å². The second-order valence-electron chi connectivity index (χ2n) is 6.08. The van der Waals surface area contributed by atoms with E-state index in [0.717, 1.165) is 22.6 Å². The third kappa shape index (κ3) is 4.92. The lowest BCUT2D eigenvalue weighted by Crippen LogP contribution is -2.18. The number of nitrogens with zero attached hydrogens (tertiary/aromatic N) is 4. The molecule has 1 N–H and O–H groups in total. The van der Waals surface area contributed by atoms with E-state index >= 15 is 0 Å². The van der Waals surface area contributed by atoms with Crippen molar-refractivity contribution >= 4 is 23.5 Å². The maximum atomic E-state index is 12.3. The summed E-state index contributed by atoms with van der Waals surface area (Å²) in [5.74, 6) is 0.837. The van der Waals surface area contributed by atoms with E-state index in [4.69, 9.17) is 0 Å². The molecule has 0 aliphatic carbocycles. The van der Waals surface area contributed by atoms with Crippen molar-refractivity contribution in [3.63, 3.8) is 0 Å². The van der Waals surface area contributed by atoms with Gasteiger partial charge in [0.1, 0.15) is 5.82 Å². The fraction of sp³-hybridized carbons (Fsp3) is 0.263. The average molecular weight is 367 g/mol. The van der Waals surface area contributed by atoms with Gasteiger partial charge in [0.25, 0.3) is 0 Å². The second kappa shape index (κ2) is 8.14. The number of aromatic nitrogens is 4. The Kier molecular flexibility index (Phi) is 5.68. The largest absolute Gasteiger partial charge is 0.310 e. The first-order chi connectivity index (χ1) is 12.5. The summed E-state index contributed by atoms with van der Waals surface area (Å²) in [6.07, 6.45) is 0. The Labute approximate surface area is 157 Å². The predicted molar refractivity (Wildman–Crippen MR) is 103 cm³/mol. The Morgan fingerprint density at radius 3 is 2.42 bits per heavy atom. The van der Waals surface area contributed by atoms with Crippen LogP contribution in [0.3, 0.4) is 0 Å². The summed E-state index contributed by atoms with van der Waals surface area (Å²) in [7, 11) is 0. The quantitative estimate of drug-likeness (QED) is 0.534. The van der Waals surface area contributed by atoms with E-state index in [1.165, 1.54) is 11.8 Å². The van der Waals surface area contributed by atoms with Gasteiger partial charge in [0.05, 0.1) is 18.0 Å². The van der Waals surface area contributed by atoms with Crippen LogP contribution in [-0.4, -0.2) is 31.4 Å². The van der Waals surface area contributed by atoms with Gasteiger partial charge in [-0.25, -0.2) is 14.6 Å². The number of benzene rings is 1. The molecular weight excluding hydrogens is 346 g/mol. The van der Waals surface area contributed by atoms with Gasteiger partial charge in [0.15, 0.2) is 5.16 Å². The molecule has 2 aromatic heterocycles. The summed E-state index contributed by atoms with van der Waals surface area (Å²) >= 11 is 1.33. The van der Waals surface area contributed by atoms with E-state index in [-0.39, 0.29) is 11.7 Å². The summed E-state index contributed by atoms with van der Waals surface area (Å²) in [6, 6.07) is 13.8. The Bertz CT molecular complexity index is 887. The van der Waals surface area contributed by atoms with Gasteiger partial charge in [-0.15, -0.1) is 0 Å². The molecule has 0 aliphatic heterocycles. The predicted octanol–water partition coefficient (Wildman–Crippen LogP) is 3.38. The smallest absolute Gasteiger partial charge is 0.235 e. The number of hydrogen-bond donors (Lipinski definition) is 1. The molecule has 2 heterocycles. The Morgan fingerprint density at radius 1 is 1.04 bits per heavy atom. The van der Waals surface area contributed by atoms with Crippen molar-refractivity contribution in [3.8, 4) is 0 Å². The maximum Gasteiger partial charge on any atom is 0.235 e. The van der Waals surface area contributed by atoms with Crippen molar-refractivity contribution in [1.82, 2.24) is 19.7 Å². The zero-order chi connectivity index (χ0) is 18.5. The molecule has 0 unspecified atom stereocenters. The Balaban J connectivity index is 1.64. The third-order valence-electron chi connectivity index (χ3n) is 3.64. The van der Waals surface area contributed by atoms with Crippen molar-refractivity contribution in [2.75, 3.05) is 11.1 Å². The summed E-state index contributed by atoms with van der Waals surface area (Å²) in [5.41, 5.74) is 3.79. The fourth-order valence-electron chi connectivity index (χ4n) is 2.59. The molecule has 3 rings (SSSR count). The number of hydrogen-bond acceptors (Lipinski definition) is 5. The molecule has 0 aliphatic rings. The van der Waals surface area contributed by atoms with Crippen molar-refractivity contribution in [2.45, 2.75) is 32.5 Å². The van der Waals surface area contributed by atoms with Crippen LogP contribution in [0.15, 0.2) is 47.6 Å². The molecule has 3 aromatic rings. The highest BCUT2D eigenvalue weighted by molar-refractivity contribution is 7.99. The second-order valence-corrected chi connectivity index (χ2v) is 7.03. The zero-order valence-electron chi connectivity index (χ0n) is 15.1. The third-order valence-corrected chi connectivity index (χ3v) is 4.49. The van der Waals surface area contributed by atoms with Gasteiger partial charge in [0, 0.05) is 17.5 Å². The van der Waals surface area contributed by atoms with Crippen molar-refractivity contribution in [3.05, 3.63) is 65.1 Å². The molecule has 0 bridgehead atoms. The molecule has 7 heteroatoms. The number of anilines is 1. The van der Waals surface area contributed by atoms with Crippen LogP contribution in [0.5, 0.6) is 0 Å². The molecule has 0 fully saturated rings. The molecular formula is C19H21N5OS. The maximum absolute atomic E-state index is 12.3. The Morgan fingerprint density at radius 2 is 1.73 bits per heavy atom. The normalized spacial score (nSPS) is 10.7. The molecule has 134 valence electrons. The van der Waals surface area contributed by atoms with Crippen LogP contribution >= 0.6 is 11.8 Å². The van der Waals surface area contributed by atoms with Gasteiger partial charge in [-0.05, 0) is 32.4 Å². The lowest BCUT2D eigenvalue weighted by Gasteiger charge is -2.09. The lowest BCUT2D eigenvalue weighted by atomic mass is 10.2. The minimum Gasteiger partial charge on any atom is -0.310 e. The first kappa shape index (κ1) is 18.1. The number of nitrogens with one attached hydrogen (secondary N) is 1. The number of thioether (sulfide) groups is 1.